The zero-order chi connectivity index (χ0) is 14.4. The maximum Gasteiger partial charge on any atom is 0.251 e. The summed E-state index contributed by atoms with van der Waals surface area (Å²) in [4.78, 5) is 12.1. The van der Waals surface area contributed by atoms with Gasteiger partial charge in [0.25, 0.3) is 5.91 Å². The second-order valence-corrected chi connectivity index (χ2v) is 6.10. The van der Waals surface area contributed by atoms with Crippen LogP contribution in [0.2, 0.25) is 0 Å². The second kappa shape index (κ2) is 6.78. The van der Waals surface area contributed by atoms with Gasteiger partial charge in [0, 0.05) is 19.2 Å². The highest BCUT2D eigenvalue weighted by atomic mass is 32.2. The summed E-state index contributed by atoms with van der Waals surface area (Å²) in [5, 5.41) is 11.7. The number of nitrogens with one attached hydrogen (secondary N) is 1. The fourth-order valence-corrected chi connectivity index (χ4v) is 3.47. The molecule has 1 amide bonds. The van der Waals surface area contributed by atoms with Gasteiger partial charge in [-0.1, -0.05) is 0 Å². The molecular weight excluding hydrogens is 272 g/mol. The minimum Gasteiger partial charge on any atom is -0.376 e. The molecule has 1 saturated heterocycles. The summed E-state index contributed by atoms with van der Waals surface area (Å²) in [5.74, 6) is 2.02. The van der Waals surface area contributed by atoms with Gasteiger partial charge in [-0.2, -0.15) is 17.0 Å². The van der Waals surface area contributed by atoms with E-state index < -0.39 is 0 Å². The van der Waals surface area contributed by atoms with E-state index in [-0.39, 0.29) is 11.5 Å². The molecule has 1 aromatic carbocycles. The number of methoxy groups -OCH3 is 1. The Bertz CT molecular complexity index is 502. The van der Waals surface area contributed by atoms with Gasteiger partial charge in [-0.3, -0.25) is 4.79 Å². The summed E-state index contributed by atoms with van der Waals surface area (Å²) < 4.78 is 5.63. The zero-order valence-electron chi connectivity index (χ0n) is 11.5. The lowest BCUT2D eigenvalue weighted by molar-refractivity contribution is -0.0149. The van der Waals surface area contributed by atoms with Gasteiger partial charge in [-0.25, -0.2) is 0 Å². The lowest BCUT2D eigenvalue weighted by Gasteiger charge is -2.35. The van der Waals surface area contributed by atoms with Crippen molar-refractivity contribution in [3.8, 4) is 6.07 Å². The van der Waals surface area contributed by atoms with Crippen LogP contribution in [0.3, 0.4) is 0 Å². The number of ether oxygens (including phenoxy) is 1. The Morgan fingerprint density at radius 3 is 2.60 bits per heavy atom. The summed E-state index contributed by atoms with van der Waals surface area (Å²) >= 11 is 1.92. The standard InChI is InChI=1S/C15H18N2O2S/c1-19-15(6-8-20-9-7-15)11-17-14(18)13-4-2-12(10-16)3-5-13/h2-5H,6-9,11H2,1H3,(H,17,18). The van der Waals surface area contributed by atoms with Crippen LogP contribution in [0, 0.1) is 11.3 Å². The van der Waals surface area contributed by atoms with E-state index in [1.165, 1.54) is 0 Å². The third-order valence-electron chi connectivity index (χ3n) is 3.68. The van der Waals surface area contributed by atoms with Crippen LogP contribution in [-0.2, 0) is 4.74 Å². The van der Waals surface area contributed by atoms with Gasteiger partial charge >= 0.3 is 0 Å². The Kier molecular flexibility index (Phi) is 5.05. The highest BCUT2D eigenvalue weighted by molar-refractivity contribution is 7.99. The molecule has 0 spiro atoms. The third-order valence-corrected chi connectivity index (χ3v) is 4.67. The van der Waals surface area contributed by atoms with Crippen molar-refractivity contribution in [1.82, 2.24) is 5.32 Å². The van der Waals surface area contributed by atoms with Crippen LogP contribution < -0.4 is 5.32 Å². The molecule has 0 aliphatic carbocycles. The van der Waals surface area contributed by atoms with Crippen LogP contribution in [0.25, 0.3) is 0 Å². The number of thioether (sulfide) groups is 1. The topological polar surface area (TPSA) is 62.1 Å². The minimum atomic E-state index is -0.229. The largest absolute Gasteiger partial charge is 0.376 e. The molecule has 106 valence electrons. The van der Waals surface area contributed by atoms with Crippen LogP contribution in [0.5, 0.6) is 0 Å². The van der Waals surface area contributed by atoms with E-state index in [2.05, 4.69) is 5.32 Å². The van der Waals surface area contributed by atoms with Crippen molar-refractivity contribution in [1.29, 1.82) is 5.26 Å². The Morgan fingerprint density at radius 2 is 2.05 bits per heavy atom. The minimum absolute atomic E-state index is 0.121. The maximum absolute atomic E-state index is 12.1. The maximum atomic E-state index is 12.1. The molecule has 5 heteroatoms. The predicted octanol–water partition coefficient (Wildman–Crippen LogP) is 2.20. The van der Waals surface area contributed by atoms with Gasteiger partial charge < -0.3 is 10.1 Å². The molecule has 20 heavy (non-hydrogen) atoms. The molecule has 0 atom stereocenters. The molecule has 0 aromatic heterocycles. The monoisotopic (exact) mass is 290 g/mol. The number of carbonyl (C=O) groups is 1. The fourth-order valence-electron chi connectivity index (χ4n) is 2.24. The summed E-state index contributed by atoms with van der Waals surface area (Å²) in [6.07, 6.45) is 1.92. The summed E-state index contributed by atoms with van der Waals surface area (Å²) in [6.45, 7) is 0.531. The molecule has 1 aliphatic heterocycles. The Balaban J connectivity index is 1.95. The molecule has 1 N–H and O–H groups in total. The Hall–Kier alpha value is -1.51. The molecule has 4 nitrogen and oxygen atoms in total. The second-order valence-electron chi connectivity index (χ2n) is 4.87. The molecule has 1 heterocycles. The number of hydrogen-bond acceptors (Lipinski definition) is 4. The van der Waals surface area contributed by atoms with Gasteiger partial charge in [0.2, 0.25) is 0 Å². The number of nitriles is 1. The van der Waals surface area contributed by atoms with Gasteiger partial charge in [0.1, 0.15) is 0 Å². The lowest BCUT2D eigenvalue weighted by Crippen LogP contribution is -2.46. The highest BCUT2D eigenvalue weighted by Gasteiger charge is 2.32. The van der Waals surface area contributed by atoms with Gasteiger partial charge in [-0.05, 0) is 48.6 Å². The Morgan fingerprint density at radius 1 is 1.40 bits per heavy atom. The SMILES string of the molecule is COC1(CNC(=O)c2ccc(C#N)cc2)CCSCC1. The van der Waals surface area contributed by atoms with E-state index in [1.54, 1.807) is 31.4 Å². The first kappa shape index (κ1) is 14.9. The van der Waals surface area contributed by atoms with E-state index in [0.29, 0.717) is 17.7 Å². The van der Waals surface area contributed by atoms with Crippen LogP contribution in [0.1, 0.15) is 28.8 Å². The van der Waals surface area contributed by atoms with Crippen molar-refractivity contribution in [3.05, 3.63) is 35.4 Å². The number of rotatable bonds is 4. The quantitative estimate of drug-likeness (QED) is 0.923. The molecule has 1 aliphatic rings. The average Bonchev–Trinajstić information content (AvgIpc) is 2.53. The van der Waals surface area contributed by atoms with Crippen molar-refractivity contribution in [2.75, 3.05) is 25.2 Å². The van der Waals surface area contributed by atoms with Crippen molar-refractivity contribution in [2.45, 2.75) is 18.4 Å². The van der Waals surface area contributed by atoms with E-state index in [0.717, 1.165) is 24.3 Å². The van der Waals surface area contributed by atoms with Crippen LogP contribution in [0.4, 0.5) is 0 Å². The van der Waals surface area contributed by atoms with E-state index >= 15 is 0 Å². The number of carbonyl (C=O) groups excluding carboxylic acids is 1. The number of hydrogen-bond donors (Lipinski definition) is 1. The number of nitrogens with zero attached hydrogens (tertiary/aromatic N) is 1. The Labute approximate surface area is 123 Å². The van der Waals surface area contributed by atoms with Crippen molar-refractivity contribution >= 4 is 17.7 Å². The van der Waals surface area contributed by atoms with Crippen molar-refractivity contribution < 1.29 is 9.53 Å². The smallest absolute Gasteiger partial charge is 0.251 e. The first-order valence-electron chi connectivity index (χ1n) is 6.60. The van der Waals surface area contributed by atoms with Crippen molar-refractivity contribution in [2.24, 2.45) is 0 Å². The van der Waals surface area contributed by atoms with Gasteiger partial charge in [0.05, 0.1) is 17.2 Å². The molecule has 0 unspecified atom stereocenters. The van der Waals surface area contributed by atoms with Crippen LogP contribution >= 0.6 is 11.8 Å². The van der Waals surface area contributed by atoms with Crippen molar-refractivity contribution in [3.63, 3.8) is 0 Å². The predicted molar refractivity (Wildman–Crippen MR) is 79.8 cm³/mol. The lowest BCUT2D eigenvalue weighted by atomic mass is 9.96. The van der Waals surface area contributed by atoms with Crippen LogP contribution in [0.15, 0.2) is 24.3 Å². The molecule has 0 radical (unpaired) electrons. The number of amides is 1. The first-order chi connectivity index (χ1) is 9.69. The molecule has 0 bridgehead atoms. The summed E-state index contributed by atoms with van der Waals surface area (Å²) in [7, 11) is 1.71. The van der Waals surface area contributed by atoms with E-state index in [9.17, 15) is 4.79 Å². The molecule has 1 fully saturated rings. The molecule has 1 aromatic rings. The van der Waals surface area contributed by atoms with Gasteiger partial charge in [-0.15, -0.1) is 0 Å². The summed E-state index contributed by atoms with van der Waals surface area (Å²) in [6, 6.07) is 8.68. The fraction of sp³-hybridized carbons (Fsp3) is 0.467. The van der Waals surface area contributed by atoms with Crippen LogP contribution in [-0.4, -0.2) is 36.7 Å². The van der Waals surface area contributed by atoms with Gasteiger partial charge in [0.15, 0.2) is 0 Å². The molecule has 0 saturated carbocycles. The molecular formula is C15H18N2O2S. The normalized spacial score (nSPS) is 17.2. The average molecular weight is 290 g/mol. The number of benzene rings is 1. The highest BCUT2D eigenvalue weighted by Crippen LogP contribution is 2.29. The summed E-state index contributed by atoms with van der Waals surface area (Å²) in [5.41, 5.74) is 0.896. The first-order valence-corrected chi connectivity index (χ1v) is 7.76. The van der Waals surface area contributed by atoms with E-state index in [4.69, 9.17) is 10.00 Å². The van der Waals surface area contributed by atoms with E-state index in [1.807, 2.05) is 17.8 Å². The molecule has 2 rings (SSSR count). The zero-order valence-corrected chi connectivity index (χ0v) is 12.3. The third kappa shape index (κ3) is 3.53.